The predicted octanol–water partition coefficient (Wildman–Crippen LogP) is 2.45. The Balaban J connectivity index is 1.92. The molecule has 2 N–H and O–H groups in total. The molecule has 0 atom stereocenters. The minimum atomic E-state index is -3.67. The summed E-state index contributed by atoms with van der Waals surface area (Å²) in [4.78, 5) is 12.3. The van der Waals surface area contributed by atoms with Crippen molar-refractivity contribution in [3.63, 3.8) is 0 Å². The smallest absolute Gasteiger partial charge is 0.251 e. The van der Waals surface area contributed by atoms with Gasteiger partial charge in [0.1, 0.15) is 0 Å². The second-order valence-electron chi connectivity index (χ2n) is 6.41. The quantitative estimate of drug-likeness (QED) is 0.633. The van der Waals surface area contributed by atoms with E-state index in [1.54, 1.807) is 0 Å². The molecule has 0 unspecified atom stereocenters. The van der Waals surface area contributed by atoms with Crippen LogP contribution in [0.3, 0.4) is 0 Å². The molecule has 0 aromatic heterocycles. The average molecular weight is 401 g/mol. The molecule has 2 rings (SSSR count). The van der Waals surface area contributed by atoms with Crippen molar-refractivity contribution in [3.8, 4) is 12.3 Å². The number of hydrogen-bond donors (Lipinski definition) is 2. The fourth-order valence-corrected chi connectivity index (χ4v) is 3.24. The number of terminal acetylenes is 1. The number of benzene rings is 2. The summed E-state index contributed by atoms with van der Waals surface area (Å²) in [7, 11) is -3.67. The van der Waals surface area contributed by atoms with Gasteiger partial charge in [-0.25, -0.2) is 8.42 Å². The lowest BCUT2D eigenvalue weighted by molar-refractivity contribution is 0.0657. The zero-order valence-corrected chi connectivity index (χ0v) is 16.8. The number of carbonyl (C=O) groups excluding carboxylic acids is 1. The molecule has 0 heterocycles. The highest BCUT2D eigenvalue weighted by molar-refractivity contribution is 7.89. The SMILES string of the molecule is C#CCNS(=O)(=O)c1ccc(C(=O)NCc2ccc(COC(C)C)cc2)cc1. The topological polar surface area (TPSA) is 84.5 Å². The Labute approximate surface area is 166 Å². The Morgan fingerprint density at radius 1 is 1.07 bits per heavy atom. The first kappa shape index (κ1) is 21.6. The van der Waals surface area contributed by atoms with Crippen molar-refractivity contribution in [1.82, 2.24) is 10.0 Å². The molecular formula is C21H24N2O4S. The van der Waals surface area contributed by atoms with Crippen LogP contribution in [0.25, 0.3) is 0 Å². The largest absolute Gasteiger partial charge is 0.374 e. The van der Waals surface area contributed by atoms with Gasteiger partial charge in [0, 0.05) is 12.1 Å². The molecule has 1 amide bonds. The van der Waals surface area contributed by atoms with E-state index in [1.807, 2.05) is 38.1 Å². The predicted molar refractivity (Wildman–Crippen MR) is 108 cm³/mol. The maximum atomic E-state index is 12.3. The number of carbonyl (C=O) groups is 1. The molecule has 2 aromatic carbocycles. The first-order valence-electron chi connectivity index (χ1n) is 8.82. The van der Waals surface area contributed by atoms with E-state index in [0.29, 0.717) is 18.7 Å². The first-order valence-corrected chi connectivity index (χ1v) is 10.3. The Morgan fingerprint density at radius 2 is 1.68 bits per heavy atom. The van der Waals surface area contributed by atoms with Crippen molar-refractivity contribution in [2.75, 3.05) is 6.54 Å². The van der Waals surface area contributed by atoms with Crippen LogP contribution >= 0.6 is 0 Å². The van der Waals surface area contributed by atoms with Gasteiger partial charge in [-0.2, -0.15) is 4.72 Å². The lowest BCUT2D eigenvalue weighted by Gasteiger charge is -2.09. The Morgan fingerprint density at radius 3 is 2.25 bits per heavy atom. The summed E-state index contributed by atoms with van der Waals surface area (Å²) in [5, 5.41) is 2.82. The number of rotatable bonds is 9. The molecule has 0 spiro atoms. The zero-order valence-electron chi connectivity index (χ0n) is 15.9. The molecule has 0 aliphatic rings. The van der Waals surface area contributed by atoms with Crippen LogP contribution in [0.2, 0.25) is 0 Å². The molecule has 148 valence electrons. The fraction of sp³-hybridized carbons (Fsp3) is 0.286. The summed E-state index contributed by atoms with van der Waals surface area (Å²) in [6.07, 6.45) is 5.23. The summed E-state index contributed by atoms with van der Waals surface area (Å²) in [5.74, 6) is 1.92. The van der Waals surface area contributed by atoms with Crippen molar-refractivity contribution in [1.29, 1.82) is 0 Å². The van der Waals surface area contributed by atoms with Gasteiger partial charge in [-0.05, 0) is 49.2 Å². The van der Waals surface area contributed by atoms with Crippen LogP contribution in [-0.4, -0.2) is 27.0 Å². The number of sulfonamides is 1. The third-order valence-electron chi connectivity index (χ3n) is 3.85. The monoisotopic (exact) mass is 400 g/mol. The van der Waals surface area contributed by atoms with Crippen LogP contribution in [0.15, 0.2) is 53.4 Å². The number of hydrogen-bond acceptors (Lipinski definition) is 4. The van der Waals surface area contributed by atoms with Crippen LogP contribution in [-0.2, 0) is 27.9 Å². The summed E-state index contributed by atoms with van der Waals surface area (Å²) >= 11 is 0. The van der Waals surface area contributed by atoms with Gasteiger partial charge < -0.3 is 10.1 Å². The van der Waals surface area contributed by atoms with E-state index in [1.165, 1.54) is 24.3 Å². The van der Waals surface area contributed by atoms with Crippen molar-refractivity contribution in [2.24, 2.45) is 0 Å². The molecule has 0 saturated heterocycles. The van der Waals surface area contributed by atoms with Gasteiger partial charge in [-0.15, -0.1) is 6.42 Å². The van der Waals surface area contributed by atoms with E-state index in [0.717, 1.165) is 11.1 Å². The molecule has 6 nitrogen and oxygen atoms in total. The maximum absolute atomic E-state index is 12.3. The Hall–Kier alpha value is -2.66. The second kappa shape index (κ2) is 10.0. The van der Waals surface area contributed by atoms with Crippen LogP contribution < -0.4 is 10.0 Å². The number of amides is 1. The maximum Gasteiger partial charge on any atom is 0.251 e. The first-order chi connectivity index (χ1) is 13.3. The van der Waals surface area contributed by atoms with Gasteiger partial charge in [-0.1, -0.05) is 30.2 Å². The Kier molecular flexibility index (Phi) is 7.76. The van der Waals surface area contributed by atoms with Crippen LogP contribution in [0, 0.1) is 12.3 Å². The standard InChI is InChI=1S/C21H24N2O4S/c1-4-13-23-28(25,26)20-11-9-19(10-12-20)21(24)22-14-17-5-7-18(8-6-17)15-27-16(2)3/h1,5-12,16,23H,13-15H2,2-3H3,(H,22,24). The van der Waals surface area contributed by atoms with Gasteiger partial charge in [0.05, 0.1) is 24.2 Å². The molecule has 0 bridgehead atoms. The van der Waals surface area contributed by atoms with Crippen molar-refractivity contribution in [2.45, 2.75) is 38.0 Å². The van der Waals surface area contributed by atoms with E-state index < -0.39 is 10.0 Å². The van der Waals surface area contributed by atoms with E-state index in [-0.39, 0.29) is 23.5 Å². The highest BCUT2D eigenvalue weighted by Gasteiger charge is 2.14. The van der Waals surface area contributed by atoms with Gasteiger partial charge in [0.15, 0.2) is 0 Å². The minimum Gasteiger partial charge on any atom is -0.374 e. The van der Waals surface area contributed by atoms with Crippen molar-refractivity contribution < 1.29 is 17.9 Å². The second-order valence-corrected chi connectivity index (χ2v) is 8.18. The summed E-state index contributed by atoms with van der Waals surface area (Å²) in [5.41, 5.74) is 2.40. The average Bonchev–Trinajstić information content (AvgIpc) is 2.69. The normalized spacial score (nSPS) is 11.2. The van der Waals surface area contributed by atoms with E-state index in [2.05, 4.69) is 16.0 Å². The van der Waals surface area contributed by atoms with Crippen molar-refractivity contribution >= 4 is 15.9 Å². The van der Waals surface area contributed by atoms with E-state index in [4.69, 9.17) is 11.2 Å². The molecule has 0 fully saturated rings. The molecule has 0 aliphatic carbocycles. The summed E-state index contributed by atoms with van der Waals surface area (Å²) in [6, 6.07) is 13.5. The van der Waals surface area contributed by atoms with Crippen molar-refractivity contribution in [3.05, 3.63) is 65.2 Å². The summed E-state index contributed by atoms with van der Waals surface area (Å²) < 4.78 is 31.8. The lowest BCUT2D eigenvalue weighted by Crippen LogP contribution is -2.25. The minimum absolute atomic E-state index is 0.0542. The van der Waals surface area contributed by atoms with Crippen LogP contribution in [0.4, 0.5) is 0 Å². The molecular weight excluding hydrogens is 376 g/mol. The van der Waals surface area contributed by atoms with E-state index in [9.17, 15) is 13.2 Å². The fourth-order valence-electron chi connectivity index (χ4n) is 2.31. The molecule has 2 aromatic rings. The van der Waals surface area contributed by atoms with Crippen LogP contribution in [0.1, 0.15) is 35.3 Å². The highest BCUT2D eigenvalue weighted by Crippen LogP contribution is 2.11. The molecule has 0 saturated carbocycles. The zero-order chi connectivity index (χ0) is 20.6. The molecule has 28 heavy (non-hydrogen) atoms. The molecule has 0 aliphatic heterocycles. The third kappa shape index (κ3) is 6.50. The Bertz CT molecular complexity index is 928. The summed E-state index contributed by atoms with van der Waals surface area (Å²) in [6.45, 7) is 4.80. The third-order valence-corrected chi connectivity index (χ3v) is 5.27. The molecule has 7 heteroatoms. The van der Waals surface area contributed by atoms with Gasteiger partial charge in [0.25, 0.3) is 5.91 Å². The lowest BCUT2D eigenvalue weighted by atomic mass is 10.1. The number of nitrogens with one attached hydrogen (secondary N) is 2. The van der Waals surface area contributed by atoms with Crippen LogP contribution in [0.5, 0.6) is 0 Å². The number of ether oxygens (including phenoxy) is 1. The highest BCUT2D eigenvalue weighted by atomic mass is 32.2. The van der Waals surface area contributed by atoms with E-state index >= 15 is 0 Å². The van der Waals surface area contributed by atoms with Gasteiger partial charge in [-0.3, -0.25) is 4.79 Å². The van der Waals surface area contributed by atoms with Gasteiger partial charge in [0.2, 0.25) is 10.0 Å². The van der Waals surface area contributed by atoms with Gasteiger partial charge >= 0.3 is 0 Å². The molecule has 0 radical (unpaired) electrons.